The Labute approximate surface area is 182 Å². The zero-order valence-corrected chi connectivity index (χ0v) is 18.0. The number of para-hydroxylation sites is 1. The summed E-state index contributed by atoms with van der Waals surface area (Å²) in [6.07, 6.45) is 3.12. The summed E-state index contributed by atoms with van der Waals surface area (Å²) in [5.41, 5.74) is 5.56. The third-order valence-corrected chi connectivity index (χ3v) is 4.38. The molecule has 0 heterocycles. The second-order valence-electron chi connectivity index (χ2n) is 6.98. The summed E-state index contributed by atoms with van der Waals surface area (Å²) in [5, 5.41) is 9.16. The van der Waals surface area contributed by atoms with Crippen molar-refractivity contribution in [3.05, 3.63) is 59.2 Å². The minimum atomic E-state index is -0.831. The van der Waals surface area contributed by atoms with Crippen molar-refractivity contribution in [3.8, 4) is 5.75 Å². The molecule has 0 fully saturated rings. The number of carbonyl (C=O) groups is 3. The lowest BCUT2D eigenvalue weighted by Gasteiger charge is -2.12. The zero-order chi connectivity index (χ0) is 22.6. The van der Waals surface area contributed by atoms with Crippen molar-refractivity contribution in [1.29, 1.82) is 0 Å². The fourth-order valence-corrected chi connectivity index (χ4v) is 2.70. The van der Waals surface area contributed by atoms with Crippen molar-refractivity contribution < 1.29 is 19.1 Å². The van der Waals surface area contributed by atoms with Crippen LogP contribution >= 0.6 is 0 Å². The second-order valence-corrected chi connectivity index (χ2v) is 6.98. The van der Waals surface area contributed by atoms with Gasteiger partial charge in [-0.2, -0.15) is 5.10 Å². The number of nitrogens with one attached hydrogen (secondary N) is 3. The van der Waals surface area contributed by atoms with Crippen molar-refractivity contribution in [2.45, 2.75) is 33.6 Å². The zero-order valence-electron chi connectivity index (χ0n) is 18.0. The number of hydrogen-bond acceptors (Lipinski definition) is 5. The first-order valence-corrected chi connectivity index (χ1v) is 10.1. The minimum absolute atomic E-state index is 0.150. The second kappa shape index (κ2) is 12.1. The van der Waals surface area contributed by atoms with Gasteiger partial charge in [0.05, 0.1) is 6.21 Å². The van der Waals surface area contributed by atoms with Gasteiger partial charge < -0.3 is 15.4 Å². The number of amides is 3. The van der Waals surface area contributed by atoms with Crippen LogP contribution in [0.2, 0.25) is 0 Å². The third kappa shape index (κ3) is 7.93. The fraction of sp³-hybridized carbons (Fsp3) is 0.304. The van der Waals surface area contributed by atoms with Gasteiger partial charge in [0.2, 0.25) is 0 Å². The lowest BCUT2D eigenvalue weighted by Crippen LogP contribution is -2.38. The Morgan fingerprint density at radius 2 is 1.74 bits per heavy atom. The van der Waals surface area contributed by atoms with Gasteiger partial charge in [0, 0.05) is 12.2 Å². The predicted octanol–water partition coefficient (Wildman–Crippen LogP) is 2.69. The van der Waals surface area contributed by atoms with E-state index in [1.165, 1.54) is 6.21 Å². The average Bonchev–Trinajstić information content (AvgIpc) is 2.75. The molecule has 3 amide bonds. The molecule has 0 aliphatic carbocycles. The van der Waals surface area contributed by atoms with E-state index >= 15 is 0 Å². The average molecular weight is 425 g/mol. The highest BCUT2D eigenvalue weighted by Gasteiger charge is 2.11. The molecule has 0 spiro atoms. The summed E-state index contributed by atoms with van der Waals surface area (Å²) in [4.78, 5) is 35.5. The van der Waals surface area contributed by atoms with Crippen molar-refractivity contribution in [3.63, 3.8) is 0 Å². The molecule has 0 radical (unpaired) electrons. The summed E-state index contributed by atoms with van der Waals surface area (Å²) in [7, 11) is 0. The summed E-state index contributed by atoms with van der Waals surface area (Å²) in [6, 6.07) is 12.7. The number of anilines is 1. The molecule has 8 nitrogen and oxygen atoms in total. The van der Waals surface area contributed by atoms with Gasteiger partial charge in [0.15, 0.2) is 6.61 Å². The lowest BCUT2D eigenvalue weighted by molar-refractivity contribution is -0.139. The van der Waals surface area contributed by atoms with Crippen LogP contribution in [0, 0.1) is 13.8 Å². The number of hydrazone groups is 1. The van der Waals surface area contributed by atoms with Gasteiger partial charge in [0.1, 0.15) is 5.75 Å². The highest BCUT2D eigenvalue weighted by Crippen LogP contribution is 2.19. The largest absolute Gasteiger partial charge is 0.484 e. The first kappa shape index (κ1) is 23.6. The molecule has 31 heavy (non-hydrogen) atoms. The summed E-state index contributed by atoms with van der Waals surface area (Å²) < 4.78 is 5.56. The van der Waals surface area contributed by atoms with Crippen LogP contribution in [0.5, 0.6) is 5.75 Å². The maximum Gasteiger partial charge on any atom is 0.329 e. The van der Waals surface area contributed by atoms with Crippen molar-refractivity contribution in [2.75, 3.05) is 18.5 Å². The topological polar surface area (TPSA) is 109 Å². The first-order chi connectivity index (χ1) is 14.9. The summed E-state index contributed by atoms with van der Waals surface area (Å²) in [5.74, 6) is -1.34. The summed E-state index contributed by atoms with van der Waals surface area (Å²) >= 11 is 0. The Hall–Kier alpha value is -3.68. The molecule has 2 aromatic carbocycles. The minimum Gasteiger partial charge on any atom is -0.484 e. The number of ether oxygens (including phenoxy) is 1. The number of benzene rings is 2. The highest BCUT2D eigenvalue weighted by molar-refractivity contribution is 6.35. The molecule has 8 heteroatoms. The molecule has 3 N–H and O–H groups in total. The van der Waals surface area contributed by atoms with E-state index in [-0.39, 0.29) is 12.5 Å². The Bertz CT molecular complexity index is 936. The Morgan fingerprint density at radius 3 is 2.45 bits per heavy atom. The van der Waals surface area contributed by atoms with E-state index in [1.54, 1.807) is 24.3 Å². The fourth-order valence-electron chi connectivity index (χ4n) is 2.70. The quantitative estimate of drug-likeness (QED) is 0.249. The van der Waals surface area contributed by atoms with Crippen LogP contribution in [0.4, 0.5) is 5.69 Å². The number of hydrogen-bond donors (Lipinski definition) is 3. The van der Waals surface area contributed by atoms with Gasteiger partial charge in [0.25, 0.3) is 5.91 Å². The van der Waals surface area contributed by atoms with E-state index in [2.05, 4.69) is 21.2 Å². The standard InChI is InChI=1S/C23H28N4O4/c1-4-5-12-24-22(29)23(30)27-25-14-18-10-7-11-19(13-18)31-15-20(28)26-21-16(2)8-6-9-17(21)3/h6-11,13-14H,4-5,12,15H2,1-3H3,(H,24,29)(H,26,28)(H,27,30)/b25-14-. The van der Waals surface area contributed by atoms with E-state index in [4.69, 9.17) is 4.74 Å². The third-order valence-electron chi connectivity index (χ3n) is 4.38. The predicted molar refractivity (Wildman–Crippen MR) is 120 cm³/mol. The SMILES string of the molecule is CCCCNC(=O)C(=O)N/N=C\c1cccc(OCC(=O)Nc2c(C)cccc2C)c1. The van der Waals surface area contributed by atoms with Gasteiger partial charge in [-0.25, -0.2) is 5.43 Å². The molecular weight excluding hydrogens is 396 g/mol. The first-order valence-electron chi connectivity index (χ1n) is 10.1. The van der Waals surface area contributed by atoms with E-state index in [1.807, 2.05) is 39.0 Å². The molecule has 2 aromatic rings. The van der Waals surface area contributed by atoms with Crippen LogP contribution in [-0.4, -0.2) is 37.1 Å². The number of nitrogens with zero attached hydrogens (tertiary/aromatic N) is 1. The molecular formula is C23H28N4O4. The molecule has 0 unspecified atom stereocenters. The van der Waals surface area contributed by atoms with E-state index in [9.17, 15) is 14.4 Å². The van der Waals surface area contributed by atoms with E-state index in [0.717, 1.165) is 29.7 Å². The van der Waals surface area contributed by atoms with Crippen LogP contribution < -0.4 is 20.8 Å². The summed E-state index contributed by atoms with van der Waals surface area (Å²) in [6.45, 7) is 6.15. The molecule has 0 bridgehead atoms. The van der Waals surface area contributed by atoms with Crippen molar-refractivity contribution >= 4 is 29.6 Å². The Morgan fingerprint density at radius 1 is 1.03 bits per heavy atom. The number of aryl methyl sites for hydroxylation is 2. The van der Waals surface area contributed by atoms with E-state index < -0.39 is 11.8 Å². The molecule has 0 atom stereocenters. The Balaban J connectivity index is 1.84. The number of carbonyl (C=O) groups excluding carboxylic acids is 3. The van der Waals surface area contributed by atoms with Gasteiger partial charge in [-0.15, -0.1) is 0 Å². The normalized spacial score (nSPS) is 10.5. The van der Waals surface area contributed by atoms with Gasteiger partial charge >= 0.3 is 11.8 Å². The molecule has 164 valence electrons. The number of rotatable bonds is 9. The maximum atomic E-state index is 12.2. The van der Waals surface area contributed by atoms with Crippen LogP contribution in [0.25, 0.3) is 0 Å². The van der Waals surface area contributed by atoms with Crippen LogP contribution in [0.3, 0.4) is 0 Å². The van der Waals surface area contributed by atoms with Gasteiger partial charge in [-0.05, 0) is 49.1 Å². The Kier molecular flexibility index (Phi) is 9.22. The molecule has 0 saturated carbocycles. The number of unbranched alkanes of at least 4 members (excludes halogenated alkanes) is 1. The van der Waals surface area contributed by atoms with Crippen LogP contribution in [0.15, 0.2) is 47.6 Å². The lowest BCUT2D eigenvalue weighted by atomic mass is 10.1. The molecule has 0 saturated heterocycles. The molecule has 0 aliphatic rings. The molecule has 0 aliphatic heterocycles. The van der Waals surface area contributed by atoms with E-state index in [0.29, 0.717) is 17.9 Å². The van der Waals surface area contributed by atoms with Gasteiger partial charge in [-0.1, -0.05) is 43.7 Å². The molecule has 0 aromatic heterocycles. The van der Waals surface area contributed by atoms with Crippen molar-refractivity contribution in [1.82, 2.24) is 10.7 Å². The highest BCUT2D eigenvalue weighted by atomic mass is 16.5. The van der Waals surface area contributed by atoms with Crippen LogP contribution in [-0.2, 0) is 14.4 Å². The molecule has 2 rings (SSSR count). The van der Waals surface area contributed by atoms with Gasteiger partial charge in [-0.3, -0.25) is 14.4 Å². The van der Waals surface area contributed by atoms with Crippen LogP contribution in [0.1, 0.15) is 36.5 Å². The maximum absolute atomic E-state index is 12.2. The van der Waals surface area contributed by atoms with Crippen molar-refractivity contribution in [2.24, 2.45) is 5.10 Å². The smallest absolute Gasteiger partial charge is 0.329 e. The monoisotopic (exact) mass is 424 g/mol.